The Balaban J connectivity index is 2.44. The van der Waals surface area contributed by atoms with Crippen molar-refractivity contribution in [3.05, 3.63) is 40.4 Å². The average Bonchev–Trinajstić information content (AvgIpc) is 2.59. The normalized spacial score (nSPS) is 26.6. The number of nitrogens with zero attached hydrogens (tertiary/aromatic N) is 1. The monoisotopic (exact) mass is 397 g/mol. The molecule has 1 heterocycles. The van der Waals surface area contributed by atoms with Gasteiger partial charge in [-0.3, -0.25) is 29.2 Å². The molecule has 0 amide bonds. The van der Waals surface area contributed by atoms with Crippen molar-refractivity contribution in [2.75, 3.05) is 0 Å². The fourth-order valence-corrected chi connectivity index (χ4v) is 2.65. The highest BCUT2D eigenvalue weighted by Crippen LogP contribution is 2.30. The summed E-state index contributed by atoms with van der Waals surface area (Å²) >= 11 is 0. The van der Waals surface area contributed by atoms with Gasteiger partial charge >= 0.3 is 24.1 Å². The van der Waals surface area contributed by atoms with Gasteiger partial charge in [-0.05, 0) is 12.1 Å². The summed E-state index contributed by atoms with van der Waals surface area (Å²) in [6.45, 7) is 3.17. The number of carbonyl (C=O) groups excluding carboxylic acids is 3. The number of hydrogen-bond donors (Lipinski definition) is 0. The second kappa shape index (κ2) is 9.13. The molecule has 0 N–H and O–H groups in total. The van der Waals surface area contributed by atoms with Crippen LogP contribution in [0.5, 0.6) is 5.75 Å². The van der Waals surface area contributed by atoms with Gasteiger partial charge in [0, 0.05) is 20.8 Å². The zero-order chi connectivity index (χ0) is 20.8. The van der Waals surface area contributed by atoms with Gasteiger partial charge in [0.1, 0.15) is 5.75 Å². The first-order valence-corrected chi connectivity index (χ1v) is 8.21. The van der Waals surface area contributed by atoms with Crippen LogP contribution in [0.25, 0.3) is 0 Å². The summed E-state index contributed by atoms with van der Waals surface area (Å²) < 4.78 is 26.1. The highest BCUT2D eigenvalue weighted by atomic mass is 16.8. The first-order valence-electron chi connectivity index (χ1n) is 8.21. The van der Waals surface area contributed by atoms with Crippen LogP contribution in [0, 0.1) is 10.1 Å². The van der Waals surface area contributed by atoms with Crippen molar-refractivity contribution < 1.29 is 43.0 Å². The van der Waals surface area contributed by atoms with Crippen molar-refractivity contribution in [3.63, 3.8) is 0 Å². The van der Waals surface area contributed by atoms with Gasteiger partial charge in [0.15, 0.2) is 6.10 Å². The minimum atomic E-state index is -1.92. The van der Waals surface area contributed by atoms with E-state index >= 15 is 0 Å². The second-order valence-electron chi connectivity index (χ2n) is 5.83. The summed E-state index contributed by atoms with van der Waals surface area (Å²) in [6.07, 6.45) is -8.03. The van der Waals surface area contributed by atoms with E-state index in [1.165, 1.54) is 0 Å². The standard InChI is InChI=1S/C17H19NO10/c1-9(19)24-13-14(25-10(2)20)16(18(22)23)28-17(15(13)26-11(3)21)27-12-7-5-4-6-8-12/h4-8,13-17H,1-3H3/t13-,14-,15+,16-,17+/m0/s1. The van der Waals surface area contributed by atoms with Crippen LogP contribution in [0.15, 0.2) is 30.3 Å². The zero-order valence-corrected chi connectivity index (χ0v) is 15.3. The smallest absolute Gasteiger partial charge is 0.359 e. The van der Waals surface area contributed by atoms with Gasteiger partial charge < -0.3 is 18.9 Å². The SMILES string of the molecule is CC(=O)O[C@@H]1[C@@H](OC(C)=O)[C@H](Oc2ccccc2)O[C@H]([N+](=O)[O-])[C@H]1OC(C)=O. The fourth-order valence-electron chi connectivity index (χ4n) is 2.65. The lowest BCUT2D eigenvalue weighted by Crippen LogP contribution is -2.64. The number of hydrogen-bond acceptors (Lipinski definition) is 10. The molecular formula is C17H19NO10. The molecule has 0 saturated carbocycles. The maximum atomic E-state index is 11.6. The van der Waals surface area contributed by atoms with E-state index in [1.807, 2.05) is 0 Å². The van der Waals surface area contributed by atoms with Crippen LogP contribution in [-0.4, -0.2) is 53.7 Å². The van der Waals surface area contributed by atoms with E-state index in [1.54, 1.807) is 30.3 Å². The molecule has 5 atom stereocenters. The number of ether oxygens (including phenoxy) is 5. The van der Waals surface area contributed by atoms with E-state index in [0.717, 1.165) is 20.8 Å². The molecule has 0 bridgehead atoms. The predicted octanol–water partition coefficient (Wildman–Crippen LogP) is 0.820. The number of para-hydroxylation sites is 1. The van der Waals surface area contributed by atoms with E-state index in [0.29, 0.717) is 0 Å². The van der Waals surface area contributed by atoms with E-state index in [9.17, 15) is 24.5 Å². The Hall–Kier alpha value is -3.21. The molecule has 0 aromatic heterocycles. The molecule has 152 valence electrons. The number of benzene rings is 1. The van der Waals surface area contributed by atoms with Gasteiger partial charge in [0.25, 0.3) is 0 Å². The highest BCUT2D eigenvalue weighted by Gasteiger charge is 2.58. The quantitative estimate of drug-likeness (QED) is 0.293. The Morgan fingerprint density at radius 1 is 0.893 bits per heavy atom. The maximum Gasteiger partial charge on any atom is 0.359 e. The highest BCUT2D eigenvalue weighted by molar-refractivity contribution is 5.68. The lowest BCUT2D eigenvalue weighted by Gasteiger charge is -2.40. The van der Waals surface area contributed by atoms with E-state index < -0.39 is 53.7 Å². The largest absolute Gasteiger partial charge is 0.460 e. The molecule has 0 radical (unpaired) electrons. The predicted molar refractivity (Wildman–Crippen MR) is 89.4 cm³/mol. The van der Waals surface area contributed by atoms with Gasteiger partial charge in [-0.2, -0.15) is 0 Å². The molecule has 1 aromatic rings. The van der Waals surface area contributed by atoms with Gasteiger partial charge in [-0.25, -0.2) is 0 Å². The number of carbonyl (C=O) groups is 3. The third-order valence-corrected chi connectivity index (χ3v) is 3.58. The molecule has 0 unspecified atom stereocenters. The maximum absolute atomic E-state index is 11.6. The summed E-state index contributed by atoms with van der Waals surface area (Å²) in [5.74, 6) is -2.23. The topological polar surface area (TPSA) is 141 Å². The number of esters is 3. The fraction of sp³-hybridized carbons (Fsp3) is 0.471. The van der Waals surface area contributed by atoms with Crippen molar-refractivity contribution in [1.29, 1.82) is 0 Å². The van der Waals surface area contributed by atoms with Gasteiger partial charge in [0.2, 0.25) is 18.5 Å². The molecule has 11 heteroatoms. The first-order chi connectivity index (χ1) is 13.2. The van der Waals surface area contributed by atoms with Gasteiger partial charge in [-0.1, -0.05) is 18.2 Å². The average molecular weight is 397 g/mol. The molecule has 1 fully saturated rings. The minimum Gasteiger partial charge on any atom is -0.460 e. The van der Waals surface area contributed by atoms with Crippen LogP contribution in [0.3, 0.4) is 0 Å². The van der Waals surface area contributed by atoms with Crippen LogP contribution >= 0.6 is 0 Å². The van der Waals surface area contributed by atoms with Crippen LogP contribution in [0.4, 0.5) is 0 Å². The van der Waals surface area contributed by atoms with Crippen LogP contribution < -0.4 is 4.74 Å². The van der Waals surface area contributed by atoms with E-state index in [2.05, 4.69) is 0 Å². The first kappa shape index (κ1) is 21.1. The van der Waals surface area contributed by atoms with Crippen LogP contribution in [0.2, 0.25) is 0 Å². The molecule has 0 spiro atoms. The van der Waals surface area contributed by atoms with Crippen LogP contribution in [-0.2, 0) is 33.3 Å². The molecule has 28 heavy (non-hydrogen) atoms. The molecule has 11 nitrogen and oxygen atoms in total. The Labute approximate surface area is 159 Å². The molecule has 1 saturated heterocycles. The molecule has 0 aliphatic carbocycles. The molecule has 1 aliphatic rings. The van der Waals surface area contributed by atoms with Gasteiger partial charge in [0.05, 0.1) is 4.92 Å². The third kappa shape index (κ3) is 5.39. The lowest BCUT2D eigenvalue weighted by molar-refractivity contribution is -0.608. The van der Waals surface area contributed by atoms with Crippen molar-refractivity contribution in [2.24, 2.45) is 0 Å². The van der Waals surface area contributed by atoms with E-state index in [4.69, 9.17) is 23.7 Å². The number of nitro groups is 1. The van der Waals surface area contributed by atoms with E-state index in [-0.39, 0.29) is 5.75 Å². The zero-order valence-electron chi connectivity index (χ0n) is 15.3. The van der Waals surface area contributed by atoms with Gasteiger partial charge in [-0.15, -0.1) is 0 Å². The molecule has 1 aromatic carbocycles. The lowest BCUT2D eigenvalue weighted by atomic mass is 10.0. The molecule has 1 aliphatic heterocycles. The van der Waals surface area contributed by atoms with Crippen molar-refractivity contribution in [3.8, 4) is 5.75 Å². The molecule has 2 rings (SSSR count). The molecular weight excluding hydrogens is 378 g/mol. The summed E-state index contributed by atoms with van der Waals surface area (Å²) in [4.78, 5) is 45.2. The van der Waals surface area contributed by atoms with Crippen molar-refractivity contribution in [1.82, 2.24) is 0 Å². The van der Waals surface area contributed by atoms with Crippen molar-refractivity contribution >= 4 is 17.9 Å². The summed E-state index contributed by atoms with van der Waals surface area (Å²) in [6, 6.07) is 8.11. The third-order valence-electron chi connectivity index (χ3n) is 3.58. The summed E-state index contributed by atoms with van der Waals surface area (Å²) in [7, 11) is 0. The summed E-state index contributed by atoms with van der Waals surface area (Å²) in [5, 5.41) is 11.5. The Kier molecular flexibility index (Phi) is 6.88. The Bertz CT molecular complexity index is 737. The second-order valence-corrected chi connectivity index (χ2v) is 5.83. The minimum absolute atomic E-state index is 0.263. The summed E-state index contributed by atoms with van der Waals surface area (Å²) in [5.41, 5.74) is 0. The number of rotatable bonds is 6. The van der Waals surface area contributed by atoms with Crippen molar-refractivity contribution in [2.45, 2.75) is 51.6 Å². The Morgan fingerprint density at radius 2 is 1.39 bits per heavy atom. The van der Waals surface area contributed by atoms with Crippen LogP contribution in [0.1, 0.15) is 20.8 Å². The Morgan fingerprint density at radius 3 is 1.89 bits per heavy atom.